The minimum Gasteiger partial charge on any atom is -0.376 e. The van der Waals surface area contributed by atoms with E-state index < -0.39 is 0 Å². The molecule has 0 bridgehead atoms. The third-order valence-electron chi connectivity index (χ3n) is 3.40. The highest BCUT2D eigenvalue weighted by Crippen LogP contribution is 2.20. The van der Waals surface area contributed by atoms with Crippen molar-refractivity contribution in [2.24, 2.45) is 0 Å². The van der Waals surface area contributed by atoms with Crippen LogP contribution < -0.4 is 5.73 Å². The minimum atomic E-state index is -0.0770. The number of anilines is 1. The van der Waals surface area contributed by atoms with Gasteiger partial charge in [0.05, 0.1) is 12.6 Å². The van der Waals surface area contributed by atoms with Crippen LogP contribution in [0.1, 0.15) is 28.2 Å². The van der Waals surface area contributed by atoms with E-state index in [0.717, 1.165) is 24.3 Å². The first-order valence-corrected chi connectivity index (χ1v) is 8.62. The van der Waals surface area contributed by atoms with Crippen molar-refractivity contribution in [2.45, 2.75) is 25.5 Å². The van der Waals surface area contributed by atoms with Crippen LogP contribution in [0.15, 0.2) is 22.9 Å². The second kappa shape index (κ2) is 6.55. The Labute approximate surface area is 131 Å². The summed E-state index contributed by atoms with van der Waals surface area (Å²) in [5, 5.41) is 4.16. The number of hydrogen-bond donors (Lipinski definition) is 1. The Kier molecular flexibility index (Phi) is 4.52. The third kappa shape index (κ3) is 3.61. The van der Waals surface area contributed by atoms with Crippen LogP contribution in [-0.2, 0) is 11.3 Å². The van der Waals surface area contributed by atoms with Gasteiger partial charge in [0.1, 0.15) is 5.69 Å². The maximum atomic E-state index is 12.6. The fourth-order valence-corrected chi connectivity index (χ4v) is 3.65. The van der Waals surface area contributed by atoms with Crippen molar-refractivity contribution in [3.8, 4) is 0 Å². The lowest BCUT2D eigenvalue weighted by molar-refractivity contribution is 0.0506. The molecule has 0 spiro atoms. The van der Waals surface area contributed by atoms with Crippen LogP contribution in [0.3, 0.4) is 0 Å². The van der Waals surface area contributed by atoms with E-state index in [0.29, 0.717) is 23.9 Å². The molecule has 0 radical (unpaired) electrons. The van der Waals surface area contributed by atoms with Gasteiger partial charge in [-0.3, -0.25) is 4.79 Å². The Morgan fingerprint density at radius 2 is 2.43 bits per heavy atom. The average molecular weight is 323 g/mol. The summed E-state index contributed by atoms with van der Waals surface area (Å²) in [5.41, 5.74) is 6.05. The van der Waals surface area contributed by atoms with Gasteiger partial charge in [-0.25, -0.2) is 4.98 Å². The van der Waals surface area contributed by atoms with Crippen molar-refractivity contribution in [3.05, 3.63) is 33.5 Å². The first-order valence-electron chi connectivity index (χ1n) is 6.86. The van der Waals surface area contributed by atoms with Crippen LogP contribution >= 0.6 is 22.7 Å². The van der Waals surface area contributed by atoms with Crippen molar-refractivity contribution in [1.29, 1.82) is 0 Å². The molecule has 3 heterocycles. The number of thiazole rings is 1. The molecule has 1 aliphatic heterocycles. The molecule has 1 saturated heterocycles. The highest BCUT2D eigenvalue weighted by atomic mass is 32.1. The van der Waals surface area contributed by atoms with E-state index in [9.17, 15) is 4.79 Å². The van der Waals surface area contributed by atoms with Gasteiger partial charge in [-0.15, -0.1) is 22.7 Å². The summed E-state index contributed by atoms with van der Waals surface area (Å²) in [6, 6.07) is 4.03. The average Bonchev–Trinajstić information content (AvgIpc) is 3.19. The summed E-state index contributed by atoms with van der Waals surface area (Å²) in [4.78, 5) is 19.7. The van der Waals surface area contributed by atoms with E-state index in [1.807, 2.05) is 22.4 Å². The molecule has 1 fully saturated rings. The predicted octanol–water partition coefficient (Wildman–Crippen LogP) is 2.61. The van der Waals surface area contributed by atoms with Crippen LogP contribution in [0, 0.1) is 0 Å². The number of aromatic nitrogens is 1. The number of carbonyl (C=O) groups excluding carboxylic acids is 1. The molecule has 1 atom stereocenters. The van der Waals surface area contributed by atoms with Crippen molar-refractivity contribution in [1.82, 2.24) is 9.88 Å². The Morgan fingerprint density at radius 1 is 1.52 bits per heavy atom. The van der Waals surface area contributed by atoms with Gasteiger partial charge in [-0.1, -0.05) is 6.07 Å². The molecular weight excluding hydrogens is 306 g/mol. The van der Waals surface area contributed by atoms with Gasteiger partial charge in [0.25, 0.3) is 5.91 Å². The number of nitrogens with zero attached hydrogens (tertiary/aromatic N) is 2. The number of ether oxygens (including phenoxy) is 1. The molecule has 0 saturated carbocycles. The van der Waals surface area contributed by atoms with Crippen LogP contribution in [-0.4, -0.2) is 35.0 Å². The van der Waals surface area contributed by atoms with Gasteiger partial charge in [0, 0.05) is 23.4 Å². The Bertz CT molecular complexity index is 591. The smallest absolute Gasteiger partial charge is 0.273 e. The lowest BCUT2D eigenvalue weighted by Crippen LogP contribution is -2.36. The summed E-state index contributed by atoms with van der Waals surface area (Å²) in [5.74, 6) is -0.0770. The van der Waals surface area contributed by atoms with Crippen molar-refractivity contribution in [2.75, 3.05) is 18.9 Å². The molecular formula is C14H17N3O2S2. The van der Waals surface area contributed by atoms with Gasteiger partial charge >= 0.3 is 0 Å². The van der Waals surface area contributed by atoms with Gasteiger partial charge < -0.3 is 15.4 Å². The lowest BCUT2D eigenvalue weighted by atomic mass is 10.2. The fraction of sp³-hybridized carbons (Fsp3) is 0.429. The number of rotatable bonds is 5. The molecule has 5 nitrogen and oxygen atoms in total. The summed E-state index contributed by atoms with van der Waals surface area (Å²) >= 11 is 2.94. The summed E-state index contributed by atoms with van der Waals surface area (Å²) < 4.78 is 5.66. The topological polar surface area (TPSA) is 68.5 Å². The van der Waals surface area contributed by atoms with E-state index in [1.165, 1.54) is 11.3 Å². The summed E-state index contributed by atoms with van der Waals surface area (Å²) in [6.07, 6.45) is 2.20. The maximum absolute atomic E-state index is 12.6. The molecule has 112 valence electrons. The van der Waals surface area contributed by atoms with Gasteiger partial charge in [0.15, 0.2) is 5.13 Å². The maximum Gasteiger partial charge on any atom is 0.273 e. The first-order chi connectivity index (χ1) is 10.2. The number of hydrogen-bond acceptors (Lipinski definition) is 6. The SMILES string of the molecule is Nc1nc(C(=O)N(Cc2cccs2)CC2CCCO2)cs1. The predicted molar refractivity (Wildman–Crippen MR) is 84.6 cm³/mol. The molecule has 7 heteroatoms. The van der Waals surface area contributed by atoms with Crippen LogP contribution in [0.25, 0.3) is 0 Å². The molecule has 2 aromatic rings. The summed E-state index contributed by atoms with van der Waals surface area (Å²) in [7, 11) is 0. The normalized spacial score (nSPS) is 18.0. The van der Waals surface area contributed by atoms with Crippen molar-refractivity contribution >= 4 is 33.7 Å². The zero-order valence-corrected chi connectivity index (χ0v) is 13.2. The fourth-order valence-electron chi connectivity index (χ4n) is 2.39. The number of nitrogen functional groups attached to an aromatic ring is 1. The Balaban J connectivity index is 1.75. The summed E-state index contributed by atoms with van der Waals surface area (Å²) in [6.45, 7) is 1.98. The van der Waals surface area contributed by atoms with Crippen LogP contribution in [0.2, 0.25) is 0 Å². The van der Waals surface area contributed by atoms with E-state index in [2.05, 4.69) is 4.98 Å². The van der Waals surface area contributed by atoms with Crippen molar-refractivity contribution < 1.29 is 9.53 Å². The number of thiophene rings is 1. The molecule has 1 amide bonds. The molecule has 21 heavy (non-hydrogen) atoms. The monoisotopic (exact) mass is 323 g/mol. The molecule has 1 unspecified atom stereocenters. The molecule has 0 aliphatic carbocycles. The lowest BCUT2D eigenvalue weighted by Gasteiger charge is -2.24. The molecule has 3 rings (SSSR count). The minimum absolute atomic E-state index is 0.0770. The second-order valence-electron chi connectivity index (χ2n) is 4.97. The second-order valence-corrected chi connectivity index (χ2v) is 6.89. The quantitative estimate of drug-likeness (QED) is 0.918. The molecule has 1 aliphatic rings. The number of nitrogens with two attached hydrogens (primary N) is 1. The number of amides is 1. The zero-order valence-electron chi connectivity index (χ0n) is 11.5. The standard InChI is InChI=1S/C14H17N3O2S2/c15-14-16-12(9-21-14)13(18)17(7-10-3-1-5-19-10)8-11-4-2-6-20-11/h2,4,6,9-10H,1,3,5,7-8H2,(H2,15,16). The van der Waals surface area contributed by atoms with Gasteiger partial charge in [0.2, 0.25) is 0 Å². The third-order valence-corrected chi connectivity index (χ3v) is 4.94. The van der Waals surface area contributed by atoms with E-state index in [4.69, 9.17) is 10.5 Å². The molecule has 2 aromatic heterocycles. The first kappa shape index (κ1) is 14.5. The van der Waals surface area contributed by atoms with Crippen LogP contribution in [0.5, 0.6) is 0 Å². The Morgan fingerprint density at radius 3 is 3.05 bits per heavy atom. The highest BCUT2D eigenvalue weighted by Gasteiger charge is 2.25. The highest BCUT2D eigenvalue weighted by molar-refractivity contribution is 7.13. The van der Waals surface area contributed by atoms with E-state index >= 15 is 0 Å². The Hall–Kier alpha value is -1.44. The van der Waals surface area contributed by atoms with Gasteiger partial charge in [-0.05, 0) is 24.3 Å². The van der Waals surface area contributed by atoms with E-state index in [1.54, 1.807) is 16.7 Å². The number of carbonyl (C=O) groups is 1. The largest absolute Gasteiger partial charge is 0.376 e. The van der Waals surface area contributed by atoms with E-state index in [-0.39, 0.29) is 12.0 Å². The van der Waals surface area contributed by atoms with Gasteiger partial charge in [-0.2, -0.15) is 0 Å². The molecule has 2 N–H and O–H groups in total. The van der Waals surface area contributed by atoms with Crippen molar-refractivity contribution in [3.63, 3.8) is 0 Å². The molecule has 0 aromatic carbocycles. The van der Waals surface area contributed by atoms with Crippen LogP contribution in [0.4, 0.5) is 5.13 Å². The zero-order chi connectivity index (χ0) is 14.7.